The number of nitrogens with one attached hydrogen (secondary N) is 2. The molecule has 1 aliphatic heterocycles. The van der Waals surface area contributed by atoms with Crippen molar-refractivity contribution < 1.29 is 9.59 Å². The van der Waals surface area contributed by atoms with E-state index in [0.717, 1.165) is 0 Å². The third kappa shape index (κ3) is 4.39. The highest BCUT2D eigenvalue weighted by atomic mass is 16.2. The van der Waals surface area contributed by atoms with E-state index < -0.39 is 12.1 Å². The molecule has 3 rings (SSSR count). The third-order valence-electron chi connectivity index (χ3n) is 4.37. The van der Waals surface area contributed by atoms with Crippen molar-refractivity contribution in [3.05, 3.63) is 47.7 Å². The van der Waals surface area contributed by atoms with Crippen molar-refractivity contribution in [2.45, 2.75) is 25.8 Å². The number of carbonyl (C=O) groups excluding carboxylic acids is 2. The Morgan fingerprint density at radius 3 is 2.56 bits per heavy atom. The molecule has 1 aromatic carbocycles. The largest absolute Gasteiger partial charge is 0.345 e. The minimum Gasteiger partial charge on any atom is -0.345 e. The van der Waals surface area contributed by atoms with Gasteiger partial charge in [0.2, 0.25) is 0 Å². The van der Waals surface area contributed by atoms with E-state index in [9.17, 15) is 9.59 Å². The van der Waals surface area contributed by atoms with E-state index in [1.807, 2.05) is 30.3 Å². The Balaban J connectivity index is 1.57. The van der Waals surface area contributed by atoms with Crippen molar-refractivity contribution in [2.75, 3.05) is 23.3 Å². The number of urea groups is 1. The van der Waals surface area contributed by atoms with Gasteiger partial charge >= 0.3 is 6.03 Å². The number of carbonyl (C=O) groups is 2. The summed E-state index contributed by atoms with van der Waals surface area (Å²) < 4.78 is 0. The Morgan fingerprint density at radius 2 is 1.96 bits per heavy atom. The van der Waals surface area contributed by atoms with E-state index in [1.54, 1.807) is 17.0 Å². The number of Topliss-reactive ketones (excluding diaryl/α,β-unsaturated/α-hetero) is 1. The van der Waals surface area contributed by atoms with E-state index in [1.165, 1.54) is 5.56 Å². The summed E-state index contributed by atoms with van der Waals surface area (Å²) in [5.41, 5.74) is 2.06. The molecule has 1 aliphatic rings. The van der Waals surface area contributed by atoms with Crippen molar-refractivity contribution in [3.8, 4) is 6.07 Å². The highest BCUT2D eigenvalue weighted by molar-refractivity contribution is 5.98. The molecule has 2 aromatic rings. The Hall–Kier alpha value is -3.47. The average molecular weight is 364 g/mol. The number of amides is 2. The molecule has 1 unspecified atom stereocenters. The maximum atomic E-state index is 12.2. The van der Waals surface area contributed by atoms with Gasteiger partial charge in [-0.3, -0.25) is 4.79 Å². The molecular formula is C19H20N6O2. The smallest absolute Gasteiger partial charge is 0.319 e. The molecule has 1 atom stereocenters. The number of hydrogen-bond donors (Lipinski definition) is 2. The molecule has 1 saturated heterocycles. The molecule has 2 N–H and O–H groups in total. The van der Waals surface area contributed by atoms with Gasteiger partial charge in [-0.05, 0) is 35.7 Å². The number of nitriles is 1. The van der Waals surface area contributed by atoms with Gasteiger partial charge in [-0.25, -0.2) is 4.79 Å². The zero-order chi connectivity index (χ0) is 19.4. The van der Waals surface area contributed by atoms with Crippen molar-refractivity contribution in [2.24, 2.45) is 0 Å². The van der Waals surface area contributed by atoms with Crippen LogP contribution >= 0.6 is 0 Å². The number of ketones is 1. The molecule has 2 heterocycles. The van der Waals surface area contributed by atoms with Gasteiger partial charge in [0.1, 0.15) is 12.1 Å². The summed E-state index contributed by atoms with van der Waals surface area (Å²) in [6.07, 6.45) is 0. The quantitative estimate of drug-likeness (QED) is 0.859. The Kier molecular flexibility index (Phi) is 5.31. The molecule has 0 aliphatic carbocycles. The summed E-state index contributed by atoms with van der Waals surface area (Å²) in [6, 6.07) is 11.6. The lowest BCUT2D eigenvalue weighted by molar-refractivity contribution is -0.117. The van der Waals surface area contributed by atoms with Crippen LogP contribution in [-0.2, 0) is 4.79 Å². The van der Waals surface area contributed by atoms with Gasteiger partial charge in [-0.15, -0.1) is 10.2 Å². The molecule has 0 radical (unpaired) electrons. The number of hydrogen-bond acceptors (Lipinski definition) is 6. The third-order valence-corrected chi connectivity index (χ3v) is 4.37. The first kappa shape index (κ1) is 18.3. The Morgan fingerprint density at radius 1 is 1.22 bits per heavy atom. The molecule has 27 heavy (non-hydrogen) atoms. The van der Waals surface area contributed by atoms with Crippen LogP contribution in [0.3, 0.4) is 0 Å². The molecule has 0 spiro atoms. The molecule has 0 bridgehead atoms. The Labute approximate surface area is 157 Å². The first-order chi connectivity index (χ1) is 13.0. The predicted molar refractivity (Wildman–Crippen MR) is 100 cm³/mol. The van der Waals surface area contributed by atoms with Crippen LogP contribution in [0.4, 0.5) is 16.3 Å². The maximum Gasteiger partial charge on any atom is 0.319 e. The maximum absolute atomic E-state index is 12.2. The van der Waals surface area contributed by atoms with Crippen LogP contribution in [0.2, 0.25) is 0 Å². The molecule has 2 amide bonds. The summed E-state index contributed by atoms with van der Waals surface area (Å²) in [7, 11) is 0. The highest BCUT2D eigenvalue weighted by Gasteiger charge is 2.32. The van der Waals surface area contributed by atoms with E-state index >= 15 is 0 Å². The SMILES string of the molecule is CC(C)c1ccc(NC(=O)NC2CN(c3ccc(C#N)nn3)CC2=O)cc1. The lowest BCUT2D eigenvalue weighted by atomic mass is 10.0. The zero-order valence-electron chi connectivity index (χ0n) is 15.1. The van der Waals surface area contributed by atoms with Gasteiger partial charge in [0.25, 0.3) is 0 Å². The van der Waals surface area contributed by atoms with E-state index in [2.05, 4.69) is 34.7 Å². The fourth-order valence-electron chi connectivity index (χ4n) is 2.82. The molecule has 1 fully saturated rings. The summed E-state index contributed by atoms with van der Waals surface area (Å²) >= 11 is 0. The lowest BCUT2D eigenvalue weighted by Crippen LogP contribution is -2.43. The van der Waals surface area contributed by atoms with Crippen LogP contribution in [-0.4, -0.2) is 41.1 Å². The number of anilines is 2. The molecule has 8 nitrogen and oxygen atoms in total. The van der Waals surface area contributed by atoms with Crippen LogP contribution in [0.15, 0.2) is 36.4 Å². The minimum atomic E-state index is -0.627. The lowest BCUT2D eigenvalue weighted by Gasteiger charge is -2.16. The second-order valence-electron chi connectivity index (χ2n) is 6.66. The van der Waals surface area contributed by atoms with E-state index in [0.29, 0.717) is 24.0 Å². The minimum absolute atomic E-state index is 0.105. The topological polar surface area (TPSA) is 111 Å². The number of aromatic nitrogens is 2. The second kappa shape index (κ2) is 7.83. The van der Waals surface area contributed by atoms with Crippen LogP contribution in [0, 0.1) is 11.3 Å². The van der Waals surface area contributed by atoms with Gasteiger partial charge in [0.05, 0.1) is 6.54 Å². The number of benzene rings is 1. The molecule has 138 valence electrons. The van der Waals surface area contributed by atoms with Crippen molar-refractivity contribution in [3.63, 3.8) is 0 Å². The van der Waals surface area contributed by atoms with Crippen LogP contribution in [0.5, 0.6) is 0 Å². The zero-order valence-corrected chi connectivity index (χ0v) is 15.1. The standard InChI is InChI=1S/C19H20N6O2/c1-12(2)13-3-5-14(6-4-13)21-19(27)22-16-10-25(11-17(16)26)18-8-7-15(9-20)23-24-18/h3-8,12,16H,10-11H2,1-2H3,(H2,21,22,27). The predicted octanol–water partition coefficient (Wildman–Crippen LogP) is 2.05. The number of nitrogens with zero attached hydrogens (tertiary/aromatic N) is 4. The average Bonchev–Trinajstić information content (AvgIpc) is 3.02. The van der Waals surface area contributed by atoms with Crippen molar-refractivity contribution in [1.29, 1.82) is 5.26 Å². The summed E-state index contributed by atoms with van der Waals surface area (Å²) in [4.78, 5) is 26.1. The van der Waals surface area contributed by atoms with E-state index in [4.69, 9.17) is 5.26 Å². The van der Waals surface area contributed by atoms with Crippen molar-refractivity contribution >= 4 is 23.3 Å². The van der Waals surface area contributed by atoms with Gasteiger partial charge in [-0.1, -0.05) is 26.0 Å². The van der Waals surface area contributed by atoms with Crippen LogP contribution in [0.25, 0.3) is 0 Å². The molecule has 0 saturated carbocycles. The highest BCUT2D eigenvalue weighted by Crippen LogP contribution is 2.18. The molecule has 8 heteroatoms. The first-order valence-electron chi connectivity index (χ1n) is 8.65. The van der Waals surface area contributed by atoms with Gasteiger partial charge < -0.3 is 15.5 Å². The first-order valence-corrected chi connectivity index (χ1v) is 8.65. The fourth-order valence-corrected chi connectivity index (χ4v) is 2.82. The molecular weight excluding hydrogens is 344 g/mol. The van der Waals surface area contributed by atoms with Crippen molar-refractivity contribution in [1.82, 2.24) is 15.5 Å². The van der Waals surface area contributed by atoms with Gasteiger partial charge in [0.15, 0.2) is 17.3 Å². The van der Waals surface area contributed by atoms with Crippen LogP contribution < -0.4 is 15.5 Å². The fraction of sp³-hybridized carbons (Fsp3) is 0.316. The van der Waals surface area contributed by atoms with Gasteiger partial charge in [0, 0.05) is 12.2 Å². The Bertz CT molecular complexity index is 871. The summed E-state index contributed by atoms with van der Waals surface area (Å²) in [5, 5.41) is 21.9. The van der Waals surface area contributed by atoms with E-state index in [-0.39, 0.29) is 18.0 Å². The summed E-state index contributed by atoms with van der Waals surface area (Å²) in [5.74, 6) is 0.808. The second-order valence-corrected chi connectivity index (χ2v) is 6.66. The number of rotatable bonds is 4. The normalized spacial score (nSPS) is 16.3. The molecule has 1 aromatic heterocycles. The summed E-state index contributed by atoms with van der Waals surface area (Å²) in [6.45, 7) is 4.64. The van der Waals surface area contributed by atoms with Crippen LogP contribution in [0.1, 0.15) is 31.0 Å². The van der Waals surface area contributed by atoms with Gasteiger partial charge in [-0.2, -0.15) is 5.26 Å². The monoisotopic (exact) mass is 364 g/mol.